The molecule has 1 aliphatic rings. The number of rotatable bonds is 7. The van der Waals surface area contributed by atoms with Gasteiger partial charge in [0.05, 0.1) is 5.52 Å². The van der Waals surface area contributed by atoms with E-state index in [-0.39, 0.29) is 23.7 Å². The summed E-state index contributed by atoms with van der Waals surface area (Å²) in [5.74, 6) is -0.188. The van der Waals surface area contributed by atoms with Gasteiger partial charge in [0.2, 0.25) is 5.82 Å². The van der Waals surface area contributed by atoms with Crippen LogP contribution in [0.5, 0.6) is 0 Å². The molecule has 3 rings (SSSR count). The maximum absolute atomic E-state index is 12.4. The highest BCUT2D eigenvalue weighted by Crippen LogP contribution is 2.20. The summed E-state index contributed by atoms with van der Waals surface area (Å²) in [7, 11) is 0. The highest BCUT2D eigenvalue weighted by Gasteiger charge is 2.27. The van der Waals surface area contributed by atoms with Crippen molar-refractivity contribution in [3.63, 3.8) is 0 Å². The Morgan fingerprint density at radius 3 is 2.83 bits per heavy atom. The maximum Gasteiger partial charge on any atom is 0.287 e. The van der Waals surface area contributed by atoms with Crippen LogP contribution in [0, 0.1) is 0 Å². The third-order valence-electron chi connectivity index (χ3n) is 3.95. The van der Waals surface area contributed by atoms with Crippen molar-refractivity contribution in [3.05, 3.63) is 35.9 Å². The van der Waals surface area contributed by atoms with Crippen LogP contribution in [-0.4, -0.2) is 33.8 Å². The summed E-state index contributed by atoms with van der Waals surface area (Å²) in [6, 6.07) is 5.73. The molecule has 1 fully saturated rings. The van der Waals surface area contributed by atoms with Crippen molar-refractivity contribution < 1.29 is 9.59 Å². The summed E-state index contributed by atoms with van der Waals surface area (Å²) < 4.78 is 1.68. The molecule has 0 atom stereocenters. The van der Waals surface area contributed by atoms with Crippen molar-refractivity contribution in [2.75, 3.05) is 6.54 Å². The fourth-order valence-electron chi connectivity index (χ4n) is 2.50. The van der Waals surface area contributed by atoms with Gasteiger partial charge in [0.25, 0.3) is 11.8 Å². The molecule has 0 aromatic carbocycles. The van der Waals surface area contributed by atoms with Crippen LogP contribution in [0.4, 0.5) is 0 Å². The van der Waals surface area contributed by atoms with E-state index >= 15 is 0 Å². The lowest BCUT2D eigenvalue weighted by Gasteiger charge is -2.03. The average molecular weight is 314 g/mol. The van der Waals surface area contributed by atoms with E-state index in [1.165, 1.54) is 0 Å². The Morgan fingerprint density at radius 2 is 2.09 bits per heavy atom. The summed E-state index contributed by atoms with van der Waals surface area (Å²) in [4.78, 5) is 29.0. The van der Waals surface area contributed by atoms with Gasteiger partial charge in [-0.1, -0.05) is 25.8 Å². The molecule has 1 saturated carbocycles. The lowest BCUT2D eigenvalue weighted by molar-refractivity contribution is 0.0942. The maximum atomic E-state index is 12.4. The number of imidazole rings is 1. The van der Waals surface area contributed by atoms with Gasteiger partial charge in [-0.15, -0.1) is 0 Å². The average Bonchev–Trinajstić information content (AvgIpc) is 3.28. The van der Waals surface area contributed by atoms with Crippen LogP contribution in [0.1, 0.15) is 60.1 Å². The van der Waals surface area contributed by atoms with E-state index in [1.54, 1.807) is 10.6 Å². The summed E-state index contributed by atoms with van der Waals surface area (Å²) >= 11 is 0. The molecule has 1 aliphatic carbocycles. The summed E-state index contributed by atoms with van der Waals surface area (Å²) in [5, 5.41) is 5.81. The van der Waals surface area contributed by atoms with Gasteiger partial charge >= 0.3 is 0 Å². The molecule has 0 radical (unpaired) electrons. The fourth-order valence-corrected chi connectivity index (χ4v) is 2.50. The quantitative estimate of drug-likeness (QED) is 0.769. The first-order valence-electron chi connectivity index (χ1n) is 8.27. The Hall–Kier alpha value is -2.37. The molecule has 2 aromatic heterocycles. The molecule has 0 bridgehead atoms. The van der Waals surface area contributed by atoms with Crippen molar-refractivity contribution in [1.29, 1.82) is 0 Å². The molecule has 2 amide bonds. The minimum absolute atomic E-state index is 0.207. The Labute approximate surface area is 135 Å². The molecule has 6 heteroatoms. The molecule has 2 heterocycles. The van der Waals surface area contributed by atoms with Gasteiger partial charge in [-0.3, -0.25) is 14.0 Å². The zero-order valence-corrected chi connectivity index (χ0v) is 13.3. The predicted octanol–water partition coefficient (Wildman–Crippen LogP) is 2.15. The smallest absolute Gasteiger partial charge is 0.287 e. The second-order valence-electron chi connectivity index (χ2n) is 5.95. The number of fused-ring (bicyclic) bond motifs is 1. The normalized spacial score (nSPS) is 14.0. The Balaban J connectivity index is 1.82. The summed E-state index contributed by atoms with van der Waals surface area (Å²) in [5.41, 5.74) is 0.973. The van der Waals surface area contributed by atoms with E-state index in [2.05, 4.69) is 22.5 Å². The van der Waals surface area contributed by atoms with Gasteiger partial charge in [-0.25, -0.2) is 4.98 Å². The Morgan fingerprint density at radius 1 is 1.26 bits per heavy atom. The van der Waals surface area contributed by atoms with Gasteiger partial charge in [0.1, 0.15) is 0 Å². The van der Waals surface area contributed by atoms with Crippen LogP contribution in [0.25, 0.3) is 5.52 Å². The first kappa shape index (κ1) is 15.5. The van der Waals surface area contributed by atoms with E-state index in [0.29, 0.717) is 17.8 Å². The molecule has 0 saturated heterocycles. The number of carbonyl (C=O) groups is 2. The second-order valence-corrected chi connectivity index (χ2v) is 5.95. The molecule has 122 valence electrons. The number of unbranched alkanes of at least 4 members (excludes halogenated alkanes) is 2. The van der Waals surface area contributed by atoms with Gasteiger partial charge in [0.15, 0.2) is 5.69 Å². The van der Waals surface area contributed by atoms with Gasteiger partial charge < -0.3 is 10.6 Å². The fraction of sp³-hybridized carbons (Fsp3) is 0.471. The molecule has 2 aromatic rings. The zero-order chi connectivity index (χ0) is 16.2. The SMILES string of the molecule is CCCCCNC(=O)c1nc(C(=O)NC2CC2)c2ccccn12. The highest BCUT2D eigenvalue weighted by molar-refractivity contribution is 6.02. The summed E-state index contributed by atoms with van der Waals surface area (Å²) in [6.07, 6.45) is 6.92. The molecule has 0 spiro atoms. The van der Waals surface area contributed by atoms with Crippen LogP contribution < -0.4 is 10.6 Å². The molecule has 0 aliphatic heterocycles. The van der Waals surface area contributed by atoms with Crippen LogP contribution in [0.2, 0.25) is 0 Å². The van der Waals surface area contributed by atoms with Gasteiger partial charge in [0, 0.05) is 18.8 Å². The van der Waals surface area contributed by atoms with E-state index in [0.717, 1.165) is 32.1 Å². The van der Waals surface area contributed by atoms with Gasteiger partial charge in [-0.05, 0) is 31.4 Å². The minimum atomic E-state index is -0.243. The number of nitrogens with one attached hydrogen (secondary N) is 2. The number of nitrogens with zero attached hydrogens (tertiary/aromatic N) is 2. The standard InChI is InChI=1S/C17H22N4O2/c1-2-3-5-10-18-17(23)15-20-14(16(22)19-12-8-9-12)13-7-4-6-11-21(13)15/h4,6-7,11-12H,2-3,5,8-10H2,1H3,(H,18,23)(H,19,22). The molecule has 2 N–H and O–H groups in total. The monoisotopic (exact) mass is 314 g/mol. The predicted molar refractivity (Wildman–Crippen MR) is 87.5 cm³/mol. The lowest BCUT2D eigenvalue weighted by atomic mass is 10.2. The van der Waals surface area contributed by atoms with Crippen molar-refractivity contribution in [2.45, 2.75) is 45.1 Å². The summed E-state index contributed by atoms with van der Waals surface area (Å²) in [6.45, 7) is 2.74. The number of amides is 2. The molecule has 6 nitrogen and oxygen atoms in total. The van der Waals surface area contributed by atoms with Crippen LogP contribution in [0.15, 0.2) is 24.4 Å². The molecule has 0 unspecified atom stereocenters. The lowest BCUT2D eigenvalue weighted by Crippen LogP contribution is -2.27. The van der Waals surface area contributed by atoms with Crippen LogP contribution in [-0.2, 0) is 0 Å². The van der Waals surface area contributed by atoms with Crippen molar-refractivity contribution >= 4 is 17.3 Å². The van der Waals surface area contributed by atoms with Gasteiger partial charge in [-0.2, -0.15) is 0 Å². The number of aromatic nitrogens is 2. The molecule has 23 heavy (non-hydrogen) atoms. The first-order chi connectivity index (χ1) is 11.2. The van der Waals surface area contributed by atoms with Crippen LogP contribution in [0.3, 0.4) is 0 Å². The van der Waals surface area contributed by atoms with Crippen molar-refractivity contribution in [2.24, 2.45) is 0 Å². The van der Waals surface area contributed by atoms with E-state index in [9.17, 15) is 9.59 Å². The van der Waals surface area contributed by atoms with Crippen LogP contribution >= 0.6 is 0 Å². The Bertz CT molecular complexity index is 718. The largest absolute Gasteiger partial charge is 0.349 e. The van der Waals surface area contributed by atoms with E-state index < -0.39 is 0 Å². The van der Waals surface area contributed by atoms with E-state index in [4.69, 9.17) is 0 Å². The number of pyridine rings is 1. The highest BCUT2D eigenvalue weighted by atomic mass is 16.2. The Kier molecular flexibility index (Phi) is 4.60. The number of carbonyl (C=O) groups excluding carboxylic acids is 2. The van der Waals surface area contributed by atoms with Crippen molar-refractivity contribution in [3.8, 4) is 0 Å². The third-order valence-corrected chi connectivity index (χ3v) is 3.95. The number of hydrogen-bond donors (Lipinski definition) is 2. The topological polar surface area (TPSA) is 75.5 Å². The second kappa shape index (κ2) is 6.81. The van der Waals surface area contributed by atoms with E-state index in [1.807, 2.05) is 18.2 Å². The molecular formula is C17H22N4O2. The zero-order valence-electron chi connectivity index (χ0n) is 13.3. The minimum Gasteiger partial charge on any atom is -0.349 e. The third kappa shape index (κ3) is 3.52. The van der Waals surface area contributed by atoms with Crippen molar-refractivity contribution in [1.82, 2.24) is 20.0 Å². The number of hydrogen-bond acceptors (Lipinski definition) is 3. The molecular weight excluding hydrogens is 292 g/mol. The first-order valence-corrected chi connectivity index (χ1v) is 8.27.